The molecule has 1 fully saturated rings. The highest BCUT2D eigenvalue weighted by Gasteiger charge is 2.41. The molecule has 1 aromatic carbocycles. The van der Waals surface area contributed by atoms with E-state index in [0.717, 1.165) is 16.7 Å². The van der Waals surface area contributed by atoms with E-state index in [1.165, 1.54) is 12.1 Å². The maximum Gasteiger partial charge on any atom is 0.327 e. The van der Waals surface area contributed by atoms with Crippen LogP contribution in [0.5, 0.6) is 0 Å². The number of thiocarbonyl (C=S) groups is 1. The molecule has 12 heteroatoms. The molecule has 160 valence electrons. The Labute approximate surface area is 184 Å². The minimum absolute atomic E-state index is 0.0607. The van der Waals surface area contributed by atoms with Crippen molar-refractivity contribution in [1.29, 1.82) is 0 Å². The van der Waals surface area contributed by atoms with Gasteiger partial charge >= 0.3 is 11.9 Å². The molecule has 10 nitrogen and oxygen atoms in total. The lowest BCUT2D eigenvalue weighted by atomic mass is 10.1. The third-order valence-corrected chi connectivity index (χ3v) is 5.71. The zero-order valence-corrected chi connectivity index (χ0v) is 17.4. The number of carboxylic acids is 2. The Hall–Kier alpha value is -3.51. The molecule has 2 heterocycles. The Bertz CT molecular complexity index is 1150. The number of rotatable bonds is 7. The maximum absolute atomic E-state index is 12.7. The fraction of sp³-hybridized carbons (Fsp3) is 0.158. The van der Waals surface area contributed by atoms with Crippen LogP contribution in [0.15, 0.2) is 39.7 Å². The van der Waals surface area contributed by atoms with Crippen LogP contribution in [0.2, 0.25) is 0 Å². The third-order valence-electron chi connectivity index (χ3n) is 4.38. The first kappa shape index (κ1) is 22.2. The van der Waals surface area contributed by atoms with Crippen molar-refractivity contribution in [1.82, 2.24) is 4.90 Å². The van der Waals surface area contributed by atoms with Gasteiger partial charge in [0.15, 0.2) is 0 Å². The van der Waals surface area contributed by atoms with Crippen molar-refractivity contribution in [3.05, 3.63) is 56.7 Å². The Balaban J connectivity index is 1.88. The van der Waals surface area contributed by atoms with E-state index in [1.807, 2.05) is 0 Å². The minimum Gasteiger partial charge on any atom is -0.481 e. The monoisotopic (exact) mass is 462 g/mol. The summed E-state index contributed by atoms with van der Waals surface area (Å²) >= 11 is 5.89. The van der Waals surface area contributed by atoms with E-state index in [0.29, 0.717) is 16.9 Å². The maximum atomic E-state index is 12.7. The van der Waals surface area contributed by atoms with Crippen LogP contribution in [0, 0.1) is 17.0 Å². The number of aliphatic carboxylic acids is 2. The molecule has 31 heavy (non-hydrogen) atoms. The molecule has 0 bridgehead atoms. The summed E-state index contributed by atoms with van der Waals surface area (Å²) in [5, 5.41) is 29.4. The molecule has 1 amide bonds. The summed E-state index contributed by atoms with van der Waals surface area (Å²) in [6, 6.07) is 6.12. The molecule has 1 aromatic heterocycles. The molecule has 0 radical (unpaired) electrons. The largest absolute Gasteiger partial charge is 0.481 e. The first-order valence-electron chi connectivity index (χ1n) is 8.65. The summed E-state index contributed by atoms with van der Waals surface area (Å²) < 4.78 is 5.58. The van der Waals surface area contributed by atoms with Crippen molar-refractivity contribution in [2.24, 2.45) is 0 Å². The number of amides is 1. The van der Waals surface area contributed by atoms with Crippen molar-refractivity contribution >= 4 is 57.9 Å². The van der Waals surface area contributed by atoms with Crippen LogP contribution in [0.25, 0.3) is 17.4 Å². The first-order valence-corrected chi connectivity index (χ1v) is 9.88. The molecule has 1 atom stereocenters. The molecule has 0 saturated carbocycles. The minimum atomic E-state index is -1.63. The highest BCUT2D eigenvalue weighted by Crippen LogP contribution is 2.36. The number of hydrogen-bond acceptors (Lipinski definition) is 8. The van der Waals surface area contributed by atoms with Crippen molar-refractivity contribution in [3.8, 4) is 11.3 Å². The molecule has 3 rings (SSSR count). The highest BCUT2D eigenvalue weighted by atomic mass is 32.2. The predicted octanol–water partition coefficient (Wildman–Crippen LogP) is 3.29. The van der Waals surface area contributed by atoms with E-state index < -0.39 is 35.2 Å². The van der Waals surface area contributed by atoms with Crippen molar-refractivity contribution in [3.63, 3.8) is 0 Å². The SMILES string of the molecule is Cc1ccc(-c2ccc(/C=C3\SC(=S)N([C@H](CC(=O)O)C(=O)O)C3=O)o2)cc1[N+](=O)[O-]. The number of hydrogen-bond donors (Lipinski definition) is 2. The van der Waals surface area contributed by atoms with Crippen LogP contribution >= 0.6 is 24.0 Å². The topological polar surface area (TPSA) is 151 Å². The Kier molecular flexibility index (Phi) is 6.22. The molecule has 2 aromatic rings. The second-order valence-corrected chi connectivity index (χ2v) is 8.14. The van der Waals surface area contributed by atoms with E-state index in [4.69, 9.17) is 21.7 Å². The summed E-state index contributed by atoms with van der Waals surface area (Å²) in [4.78, 5) is 46.5. The Morgan fingerprint density at radius 1 is 1.32 bits per heavy atom. The van der Waals surface area contributed by atoms with Crippen molar-refractivity contribution in [2.45, 2.75) is 19.4 Å². The molecule has 2 N–H and O–H groups in total. The summed E-state index contributed by atoms with van der Waals surface area (Å²) in [6.07, 6.45) is 0.553. The number of carbonyl (C=O) groups is 3. The summed E-state index contributed by atoms with van der Waals surface area (Å²) in [7, 11) is 0. The van der Waals surface area contributed by atoms with Gasteiger partial charge < -0.3 is 14.6 Å². The lowest BCUT2D eigenvalue weighted by molar-refractivity contribution is -0.385. The fourth-order valence-electron chi connectivity index (χ4n) is 2.88. The highest BCUT2D eigenvalue weighted by molar-refractivity contribution is 8.26. The molecule has 1 aliphatic heterocycles. The number of benzene rings is 1. The average Bonchev–Trinajstić information content (AvgIpc) is 3.25. The summed E-state index contributed by atoms with van der Waals surface area (Å²) in [5.41, 5.74) is 0.907. The van der Waals surface area contributed by atoms with Crippen LogP contribution in [-0.2, 0) is 14.4 Å². The van der Waals surface area contributed by atoms with E-state index in [2.05, 4.69) is 0 Å². The number of carboxylic acid groups (broad SMARTS) is 2. The number of aryl methyl sites for hydroxylation is 1. The van der Waals surface area contributed by atoms with Gasteiger partial charge in [0, 0.05) is 23.3 Å². The standard InChI is InChI=1S/C19H14N2O8S2/c1-9-2-3-10(6-12(9)21(27)28)14-5-4-11(29-14)7-15-17(24)20(19(30)31-15)13(18(25)26)8-16(22)23/h2-7,13H,8H2,1H3,(H,22,23)(H,25,26)/b15-7-/t13-/m1/s1. The van der Waals surface area contributed by atoms with Gasteiger partial charge in [-0.25, -0.2) is 4.79 Å². The summed E-state index contributed by atoms with van der Waals surface area (Å²) in [6.45, 7) is 1.62. The Morgan fingerprint density at radius 2 is 2.03 bits per heavy atom. The number of thioether (sulfide) groups is 1. The Morgan fingerprint density at radius 3 is 2.65 bits per heavy atom. The van der Waals surface area contributed by atoms with E-state index in [9.17, 15) is 29.6 Å². The lowest BCUT2D eigenvalue weighted by Gasteiger charge is -2.21. The van der Waals surface area contributed by atoms with Crippen LogP contribution in [-0.4, -0.2) is 48.2 Å². The van der Waals surface area contributed by atoms with E-state index in [1.54, 1.807) is 31.2 Å². The van der Waals surface area contributed by atoms with Crippen LogP contribution in [0.4, 0.5) is 5.69 Å². The number of nitrogens with zero attached hydrogens (tertiary/aromatic N) is 2. The molecule has 0 unspecified atom stereocenters. The van der Waals surface area contributed by atoms with Gasteiger partial charge in [0.1, 0.15) is 21.9 Å². The van der Waals surface area contributed by atoms with Crippen LogP contribution in [0.3, 0.4) is 0 Å². The third kappa shape index (κ3) is 4.64. The normalized spacial score (nSPS) is 16.0. The van der Waals surface area contributed by atoms with Gasteiger partial charge in [-0.2, -0.15) is 0 Å². The van der Waals surface area contributed by atoms with Gasteiger partial charge in [0.2, 0.25) is 0 Å². The molecule has 1 aliphatic rings. The molecular formula is C19H14N2O8S2. The zero-order valence-electron chi connectivity index (χ0n) is 15.8. The smallest absolute Gasteiger partial charge is 0.327 e. The van der Waals surface area contributed by atoms with Gasteiger partial charge in [0.25, 0.3) is 11.6 Å². The zero-order chi connectivity index (χ0) is 22.9. The number of carbonyl (C=O) groups excluding carboxylic acids is 1. The van der Waals surface area contributed by atoms with Gasteiger partial charge in [-0.05, 0) is 19.1 Å². The summed E-state index contributed by atoms with van der Waals surface area (Å²) in [5.74, 6) is -3.04. The van der Waals surface area contributed by atoms with Gasteiger partial charge in [-0.3, -0.25) is 24.6 Å². The molecule has 0 spiro atoms. The molecule has 0 aliphatic carbocycles. The van der Waals surface area contributed by atoms with E-state index in [-0.39, 0.29) is 20.7 Å². The van der Waals surface area contributed by atoms with Gasteiger partial charge in [-0.15, -0.1) is 0 Å². The molecule has 1 saturated heterocycles. The molecular weight excluding hydrogens is 448 g/mol. The van der Waals surface area contributed by atoms with Gasteiger partial charge in [-0.1, -0.05) is 36.1 Å². The van der Waals surface area contributed by atoms with Crippen LogP contribution < -0.4 is 0 Å². The number of nitro groups is 1. The number of nitro benzene ring substituents is 1. The fourth-order valence-corrected chi connectivity index (χ4v) is 4.21. The van der Waals surface area contributed by atoms with Crippen LogP contribution in [0.1, 0.15) is 17.7 Å². The predicted molar refractivity (Wildman–Crippen MR) is 114 cm³/mol. The first-order chi connectivity index (χ1) is 14.6. The second kappa shape index (κ2) is 8.70. The quantitative estimate of drug-likeness (QED) is 0.271. The van der Waals surface area contributed by atoms with Crippen molar-refractivity contribution in [2.75, 3.05) is 0 Å². The second-order valence-electron chi connectivity index (χ2n) is 6.46. The van der Waals surface area contributed by atoms with Gasteiger partial charge in [0.05, 0.1) is 16.2 Å². The average molecular weight is 462 g/mol. The number of furan rings is 1. The van der Waals surface area contributed by atoms with Crippen molar-refractivity contribution < 1.29 is 33.9 Å². The lowest BCUT2D eigenvalue weighted by Crippen LogP contribution is -2.45. The van der Waals surface area contributed by atoms with E-state index >= 15 is 0 Å².